The Kier molecular flexibility index (Phi) is 4.20. The van der Waals surface area contributed by atoms with Gasteiger partial charge >= 0.3 is 0 Å². The second kappa shape index (κ2) is 6.87. The summed E-state index contributed by atoms with van der Waals surface area (Å²) in [5.74, 6) is 0.568. The molecule has 3 aromatic rings. The first-order valence-corrected chi connectivity index (χ1v) is 9.52. The van der Waals surface area contributed by atoms with Crippen molar-refractivity contribution in [3.05, 3.63) is 48.5 Å². The molecule has 144 valence electrons. The van der Waals surface area contributed by atoms with Gasteiger partial charge in [0.25, 0.3) is 0 Å². The number of hydrogen-bond donors (Lipinski definition) is 1. The predicted octanol–water partition coefficient (Wildman–Crippen LogP) is 2.20. The van der Waals surface area contributed by atoms with Crippen molar-refractivity contribution in [2.75, 3.05) is 13.2 Å². The second-order valence-corrected chi connectivity index (χ2v) is 7.12. The van der Waals surface area contributed by atoms with E-state index in [0.29, 0.717) is 23.7 Å². The SMILES string of the molecule is CCOc1ncnc2c1ncn2[C@@H]1C[C@H](CO)[C@H]2C(c3ccccc3)=NO[C@H]21. The minimum Gasteiger partial charge on any atom is -0.476 e. The van der Waals surface area contributed by atoms with Gasteiger partial charge in [0.05, 0.1) is 30.6 Å². The van der Waals surface area contributed by atoms with Gasteiger partial charge in [-0.15, -0.1) is 0 Å². The van der Waals surface area contributed by atoms with Crippen LogP contribution in [0.25, 0.3) is 11.2 Å². The van der Waals surface area contributed by atoms with E-state index in [2.05, 4.69) is 20.1 Å². The van der Waals surface area contributed by atoms with E-state index in [4.69, 9.17) is 9.57 Å². The Morgan fingerprint density at radius 3 is 2.86 bits per heavy atom. The summed E-state index contributed by atoms with van der Waals surface area (Å²) < 4.78 is 7.59. The van der Waals surface area contributed by atoms with Gasteiger partial charge in [0, 0.05) is 6.61 Å². The van der Waals surface area contributed by atoms with Gasteiger partial charge in [0.2, 0.25) is 5.88 Å². The fourth-order valence-corrected chi connectivity index (χ4v) is 4.42. The molecule has 1 aromatic carbocycles. The van der Waals surface area contributed by atoms with E-state index in [1.165, 1.54) is 6.33 Å². The number of imidazole rings is 1. The molecule has 0 spiro atoms. The Morgan fingerprint density at radius 1 is 1.21 bits per heavy atom. The molecule has 1 aliphatic carbocycles. The standard InChI is InChI=1S/C20H21N5O3/c1-2-27-20-17-19(21-10-22-20)25(11-23-17)14-8-13(9-26)15-16(24-28-18(14)15)12-6-4-3-5-7-12/h3-7,10-11,13-15,18,26H,2,8-9H2,1H3/t13-,14-,15+,18+/m1/s1. The van der Waals surface area contributed by atoms with Gasteiger partial charge in [-0.3, -0.25) is 0 Å². The van der Waals surface area contributed by atoms with Crippen LogP contribution in [-0.4, -0.2) is 49.7 Å². The number of nitrogens with zero attached hydrogens (tertiary/aromatic N) is 5. The van der Waals surface area contributed by atoms with E-state index < -0.39 is 0 Å². The Morgan fingerprint density at radius 2 is 2.07 bits per heavy atom. The third-order valence-corrected chi connectivity index (χ3v) is 5.64. The number of fused-ring (bicyclic) bond motifs is 2. The summed E-state index contributed by atoms with van der Waals surface area (Å²) in [6.45, 7) is 2.50. The minimum atomic E-state index is -0.171. The fourth-order valence-electron chi connectivity index (χ4n) is 4.42. The highest BCUT2D eigenvalue weighted by Gasteiger charge is 2.52. The molecule has 3 heterocycles. The van der Waals surface area contributed by atoms with E-state index in [1.807, 2.05) is 41.8 Å². The second-order valence-electron chi connectivity index (χ2n) is 7.12. The molecule has 2 aromatic heterocycles. The number of aliphatic hydroxyl groups excluding tert-OH is 1. The smallest absolute Gasteiger partial charge is 0.245 e. The molecule has 0 unspecified atom stereocenters. The van der Waals surface area contributed by atoms with Gasteiger partial charge in [-0.1, -0.05) is 35.5 Å². The molecule has 4 atom stereocenters. The third kappa shape index (κ3) is 2.56. The number of ether oxygens (including phenoxy) is 1. The third-order valence-electron chi connectivity index (χ3n) is 5.64. The summed E-state index contributed by atoms with van der Waals surface area (Å²) in [5, 5.41) is 14.4. The summed E-state index contributed by atoms with van der Waals surface area (Å²) in [4.78, 5) is 19.0. The van der Waals surface area contributed by atoms with Crippen molar-refractivity contribution >= 4 is 16.9 Å². The monoisotopic (exact) mass is 379 g/mol. The van der Waals surface area contributed by atoms with Crippen LogP contribution in [0.2, 0.25) is 0 Å². The Hall–Kier alpha value is -3.00. The van der Waals surface area contributed by atoms with Crippen molar-refractivity contribution in [1.82, 2.24) is 19.5 Å². The van der Waals surface area contributed by atoms with Gasteiger partial charge < -0.3 is 19.2 Å². The van der Waals surface area contributed by atoms with E-state index in [9.17, 15) is 5.11 Å². The zero-order valence-electron chi connectivity index (χ0n) is 15.5. The van der Waals surface area contributed by atoms with Crippen molar-refractivity contribution in [2.24, 2.45) is 17.0 Å². The molecule has 1 fully saturated rings. The molecule has 2 aliphatic rings. The molecule has 1 saturated carbocycles. The van der Waals surface area contributed by atoms with Crippen LogP contribution < -0.4 is 4.74 Å². The Balaban J connectivity index is 1.52. The van der Waals surface area contributed by atoms with Crippen molar-refractivity contribution < 1.29 is 14.7 Å². The normalized spacial score (nSPS) is 26.1. The van der Waals surface area contributed by atoms with Crippen LogP contribution in [0.1, 0.15) is 24.9 Å². The van der Waals surface area contributed by atoms with Gasteiger partial charge in [-0.05, 0) is 24.8 Å². The molecular weight excluding hydrogens is 358 g/mol. The molecule has 5 rings (SSSR count). The lowest BCUT2D eigenvalue weighted by molar-refractivity contribution is 0.0421. The Bertz CT molecular complexity index is 1020. The van der Waals surface area contributed by atoms with E-state index in [-0.39, 0.29) is 30.6 Å². The van der Waals surface area contributed by atoms with E-state index in [1.54, 1.807) is 6.33 Å². The van der Waals surface area contributed by atoms with Crippen molar-refractivity contribution in [1.29, 1.82) is 0 Å². The van der Waals surface area contributed by atoms with Gasteiger partial charge in [-0.2, -0.15) is 4.98 Å². The van der Waals surface area contributed by atoms with Crippen molar-refractivity contribution in [2.45, 2.75) is 25.5 Å². The summed E-state index contributed by atoms with van der Waals surface area (Å²) in [6, 6.07) is 9.98. The van der Waals surface area contributed by atoms with Crippen LogP contribution in [0, 0.1) is 11.8 Å². The fraction of sp³-hybridized carbons (Fsp3) is 0.400. The lowest BCUT2D eigenvalue weighted by atomic mass is 9.87. The zero-order chi connectivity index (χ0) is 19.1. The van der Waals surface area contributed by atoms with E-state index >= 15 is 0 Å². The van der Waals surface area contributed by atoms with Crippen molar-refractivity contribution in [3.8, 4) is 5.88 Å². The quantitative estimate of drug-likeness (QED) is 0.730. The van der Waals surface area contributed by atoms with Crippen LogP contribution >= 0.6 is 0 Å². The molecular formula is C20H21N5O3. The van der Waals surface area contributed by atoms with E-state index in [0.717, 1.165) is 17.7 Å². The number of aliphatic hydroxyl groups is 1. The molecule has 0 amide bonds. The summed E-state index contributed by atoms with van der Waals surface area (Å²) in [5.41, 5.74) is 3.28. The molecule has 0 saturated heterocycles. The van der Waals surface area contributed by atoms with Crippen LogP contribution in [0.3, 0.4) is 0 Å². The topological polar surface area (TPSA) is 94.7 Å². The van der Waals surface area contributed by atoms with Crippen LogP contribution in [0.5, 0.6) is 5.88 Å². The maximum absolute atomic E-state index is 10.0. The van der Waals surface area contributed by atoms with Gasteiger partial charge in [0.15, 0.2) is 17.3 Å². The lowest BCUT2D eigenvalue weighted by Crippen LogP contribution is -2.28. The predicted molar refractivity (Wildman–Crippen MR) is 102 cm³/mol. The minimum absolute atomic E-state index is 0.0264. The maximum atomic E-state index is 10.0. The number of aromatic nitrogens is 4. The number of benzene rings is 1. The average molecular weight is 379 g/mol. The highest BCUT2D eigenvalue weighted by atomic mass is 16.6. The number of oxime groups is 1. The molecule has 8 heteroatoms. The molecule has 1 aliphatic heterocycles. The zero-order valence-corrected chi connectivity index (χ0v) is 15.5. The first-order chi connectivity index (χ1) is 13.8. The van der Waals surface area contributed by atoms with Crippen molar-refractivity contribution in [3.63, 3.8) is 0 Å². The van der Waals surface area contributed by atoms with Crippen LogP contribution in [0.4, 0.5) is 0 Å². The van der Waals surface area contributed by atoms with Gasteiger partial charge in [0.1, 0.15) is 6.33 Å². The molecule has 8 nitrogen and oxygen atoms in total. The average Bonchev–Trinajstić information content (AvgIpc) is 3.43. The lowest BCUT2D eigenvalue weighted by Gasteiger charge is -2.19. The van der Waals surface area contributed by atoms with Crippen LogP contribution in [-0.2, 0) is 4.84 Å². The molecule has 0 radical (unpaired) electrons. The molecule has 1 N–H and O–H groups in total. The highest BCUT2D eigenvalue weighted by Crippen LogP contribution is 2.47. The van der Waals surface area contributed by atoms with Crippen LogP contribution in [0.15, 0.2) is 48.1 Å². The van der Waals surface area contributed by atoms with Gasteiger partial charge in [-0.25, -0.2) is 9.97 Å². The Labute approximate surface area is 161 Å². The molecule has 28 heavy (non-hydrogen) atoms. The first kappa shape index (κ1) is 17.1. The maximum Gasteiger partial charge on any atom is 0.245 e. The number of hydrogen-bond acceptors (Lipinski definition) is 7. The molecule has 0 bridgehead atoms. The largest absolute Gasteiger partial charge is 0.476 e. The number of rotatable bonds is 5. The first-order valence-electron chi connectivity index (χ1n) is 9.52. The summed E-state index contributed by atoms with van der Waals surface area (Å²) in [7, 11) is 0. The summed E-state index contributed by atoms with van der Waals surface area (Å²) in [6.07, 6.45) is 3.84. The summed E-state index contributed by atoms with van der Waals surface area (Å²) >= 11 is 0. The highest BCUT2D eigenvalue weighted by molar-refractivity contribution is 6.03.